The van der Waals surface area contributed by atoms with Gasteiger partial charge in [0.2, 0.25) is 0 Å². The van der Waals surface area contributed by atoms with E-state index in [2.05, 4.69) is 19.1 Å². The lowest BCUT2D eigenvalue weighted by Gasteiger charge is -2.50. The Morgan fingerprint density at radius 3 is 2.17 bits per heavy atom. The number of hydrogen-bond donors (Lipinski definition) is 0. The predicted octanol–water partition coefficient (Wildman–Crippen LogP) is 7.79. The van der Waals surface area contributed by atoms with Gasteiger partial charge in [-0.2, -0.15) is 0 Å². The smallest absolute Gasteiger partial charge is 0.336 e. The molecule has 6 rings (SSSR count). The summed E-state index contributed by atoms with van der Waals surface area (Å²) in [7, 11) is 0. The fourth-order valence-corrected chi connectivity index (χ4v) is 7.55. The summed E-state index contributed by atoms with van der Waals surface area (Å²) in [6.07, 6.45) is 12.9. The SMILES string of the molecule is C[C@]12CC[C@H]3c4ccc(OC(=O)/C=C/c5ccccc5)cc4CC[C@H]3[C@@H]1CC[C@@H]2OC(=O)/C=C/c1ccccc1. The molecule has 0 unspecified atom stereocenters. The topological polar surface area (TPSA) is 52.6 Å². The molecule has 2 fully saturated rings. The van der Waals surface area contributed by atoms with Crippen LogP contribution in [-0.4, -0.2) is 18.0 Å². The first kappa shape index (κ1) is 26.3. The summed E-state index contributed by atoms with van der Waals surface area (Å²) in [6, 6.07) is 25.8. The Labute approximate surface area is 236 Å². The molecule has 3 aliphatic carbocycles. The first-order valence-corrected chi connectivity index (χ1v) is 14.5. The van der Waals surface area contributed by atoms with Gasteiger partial charge < -0.3 is 9.47 Å². The van der Waals surface area contributed by atoms with E-state index in [1.807, 2.05) is 72.8 Å². The molecule has 4 nitrogen and oxygen atoms in total. The molecular formula is C36H36O4. The molecule has 2 saturated carbocycles. The normalized spacial score (nSPS) is 27.1. The molecule has 0 N–H and O–H groups in total. The second kappa shape index (κ2) is 11.3. The molecule has 3 aromatic rings. The van der Waals surface area contributed by atoms with Crippen molar-refractivity contribution in [2.75, 3.05) is 0 Å². The minimum absolute atomic E-state index is 0.0233. The minimum atomic E-state index is -0.365. The number of ether oxygens (including phenoxy) is 2. The molecule has 4 heteroatoms. The van der Waals surface area contributed by atoms with E-state index in [1.165, 1.54) is 17.2 Å². The molecule has 0 radical (unpaired) electrons. The van der Waals surface area contributed by atoms with Crippen LogP contribution in [0.1, 0.15) is 67.2 Å². The molecule has 0 aliphatic heterocycles. The fourth-order valence-electron chi connectivity index (χ4n) is 7.55. The van der Waals surface area contributed by atoms with Gasteiger partial charge in [0.05, 0.1) is 0 Å². The van der Waals surface area contributed by atoms with Crippen LogP contribution >= 0.6 is 0 Å². The van der Waals surface area contributed by atoms with Crippen LogP contribution in [0.2, 0.25) is 0 Å². The van der Waals surface area contributed by atoms with Crippen LogP contribution in [-0.2, 0) is 20.7 Å². The maximum absolute atomic E-state index is 12.7. The number of carbonyl (C=O) groups excluding carboxylic acids is 2. The predicted molar refractivity (Wildman–Crippen MR) is 158 cm³/mol. The molecule has 40 heavy (non-hydrogen) atoms. The highest BCUT2D eigenvalue weighted by Crippen LogP contribution is 2.61. The molecule has 0 heterocycles. The third-order valence-electron chi connectivity index (χ3n) is 9.51. The number of aryl methyl sites for hydroxylation is 1. The van der Waals surface area contributed by atoms with E-state index in [1.54, 1.807) is 12.2 Å². The van der Waals surface area contributed by atoms with Gasteiger partial charge in [0.15, 0.2) is 0 Å². The number of esters is 2. The van der Waals surface area contributed by atoms with Crippen molar-refractivity contribution in [3.63, 3.8) is 0 Å². The molecule has 0 bridgehead atoms. The van der Waals surface area contributed by atoms with Crippen LogP contribution in [0.15, 0.2) is 91.0 Å². The monoisotopic (exact) mass is 532 g/mol. The summed E-state index contributed by atoms with van der Waals surface area (Å²) < 4.78 is 11.7. The molecule has 5 atom stereocenters. The zero-order chi connectivity index (χ0) is 27.5. The Kier molecular flexibility index (Phi) is 7.42. The van der Waals surface area contributed by atoms with E-state index in [-0.39, 0.29) is 23.5 Å². The average Bonchev–Trinajstić information content (AvgIpc) is 3.31. The third kappa shape index (κ3) is 5.40. The lowest BCUT2D eigenvalue weighted by Crippen LogP contribution is -2.45. The summed E-state index contributed by atoms with van der Waals surface area (Å²) in [5.41, 5.74) is 4.69. The summed E-state index contributed by atoms with van der Waals surface area (Å²) in [6.45, 7) is 2.35. The first-order valence-electron chi connectivity index (χ1n) is 14.5. The first-order chi connectivity index (χ1) is 19.5. The lowest BCUT2D eigenvalue weighted by atomic mass is 9.55. The molecular weight excluding hydrogens is 496 g/mol. The number of fused-ring (bicyclic) bond motifs is 5. The van der Waals surface area contributed by atoms with Crippen molar-refractivity contribution in [2.45, 2.75) is 57.5 Å². The molecule has 0 spiro atoms. The second-order valence-corrected chi connectivity index (χ2v) is 11.7. The molecule has 3 aromatic carbocycles. The summed E-state index contributed by atoms with van der Waals surface area (Å²) in [5, 5.41) is 0. The van der Waals surface area contributed by atoms with Crippen molar-refractivity contribution in [1.29, 1.82) is 0 Å². The number of benzene rings is 3. The van der Waals surface area contributed by atoms with Gasteiger partial charge in [0.25, 0.3) is 0 Å². The summed E-state index contributed by atoms with van der Waals surface area (Å²) in [5.74, 6) is 1.66. The Balaban J connectivity index is 1.10. The van der Waals surface area contributed by atoms with Crippen LogP contribution in [0.25, 0.3) is 12.2 Å². The zero-order valence-corrected chi connectivity index (χ0v) is 23.0. The van der Waals surface area contributed by atoms with Crippen LogP contribution in [0.4, 0.5) is 0 Å². The Morgan fingerprint density at radius 1 is 0.800 bits per heavy atom. The largest absolute Gasteiger partial charge is 0.459 e. The highest BCUT2D eigenvalue weighted by Gasteiger charge is 2.56. The van der Waals surface area contributed by atoms with Gasteiger partial charge in [-0.15, -0.1) is 0 Å². The lowest BCUT2D eigenvalue weighted by molar-refractivity contribution is -0.151. The van der Waals surface area contributed by atoms with Crippen LogP contribution < -0.4 is 4.74 Å². The molecule has 0 saturated heterocycles. The van der Waals surface area contributed by atoms with E-state index in [0.717, 1.165) is 49.7 Å². The third-order valence-corrected chi connectivity index (χ3v) is 9.51. The second-order valence-electron chi connectivity index (χ2n) is 11.7. The van der Waals surface area contributed by atoms with Crippen LogP contribution in [0.5, 0.6) is 5.75 Å². The zero-order valence-electron chi connectivity index (χ0n) is 23.0. The molecule has 3 aliphatic rings. The van der Waals surface area contributed by atoms with Crippen LogP contribution in [0.3, 0.4) is 0 Å². The molecule has 0 amide bonds. The van der Waals surface area contributed by atoms with Gasteiger partial charge in [-0.25, -0.2) is 9.59 Å². The Morgan fingerprint density at radius 2 is 1.48 bits per heavy atom. The van der Waals surface area contributed by atoms with E-state index in [9.17, 15) is 9.59 Å². The van der Waals surface area contributed by atoms with Gasteiger partial charge in [-0.3, -0.25) is 0 Å². The standard InChI is InChI=1S/C36H36O4/c1-36-23-22-30-29-17-15-28(39-34(37)20-12-25-8-4-2-5-9-25)24-27(29)14-16-31(30)32(36)18-19-33(36)40-35(38)21-13-26-10-6-3-7-11-26/h2-13,15,17,20-21,24,30-33H,14,16,18-19,22-23H2,1H3/b20-12+,21-13+/t30-,31+,32-,33-,36-/m0/s1. The average molecular weight is 533 g/mol. The van der Waals surface area contributed by atoms with Crippen molar-refractivity contribution in [3.8, 4) is 5.75 Å². The van der Waals surface area contributed by atoms with Gasteiger partial charge in [0, 0.05) is 17.6 Å². The quantitative estimate of drug-likeness (QED) is 0.185. The van der Waals surface area contributed by atoms with Gasteiger partial charge in [0.1, 0.15) is 11.9 Å². The van der Waals surface area contributed by atoms with E-state index < -0.39 is 0 Å². The summed E-state index contributed by atoms with van der Waals surface area (Å²) in [4.78, 5) is 25.1. The Bertz CT molecular complexity index is 1420. The maximum Gasteiger partial charge on any atom is 0.336 e. The van der Waals surface area contributed by atoms with Crippen molar-refractivity contribution in [1.82, 2.24) is 0 Å². The van der Waals surface area contributed by atoms with Crippen molar-refractivity contribution >= 4 is 24.1 Å². The molecule has 204 valence electrons. The van der Waals surface area contributed by atoms with E-state index in [0.29, 0.717) is 23.5 Å². The van der Waals surface area contributed by atoms with Crippen molar-refractivity contribution in [2.24, 2.45) is 17.3 Å². The van der Waals surface area contributed by atoms with Gasteiger partial charge >= 0.3 is 11.9 Å². The Hall–Kier alpha value is -3.92. The van der Waals surface area contributed by atoms with Crippen molar-refractivity contribution in [3.05, 3.63) is 113 Å². The van der Waals surface area contributed by atoms with Gasteiger partial charge in [-0.05, 0) is 103 Å². The van der Waals surface area contributed by atoms with E-state index in [4.69, 9.17) is 9.47 Å². The number of rotatable bonds is 6. The maximum atomic E-state index is 12.7. The summed E-state index contributed by atoms with van der Waals surface area (Å²) >= 11 is 0. The highest BCUT2D eigenvalue weighted by atomic mass is 16.5. The highest BCUT2D eigenvalue weighted by molar-refractivity contribution is 5.88. The number of carbonyl (C=O) groups is 2. The van der Waals surface area contributed by atoms with Crippen molar-refractivity contribution < 1.29 is 19.1 Å². The number of hydrogen-bond acceptors (Lipinski definition) is 4. The minimum Gasteiger partial charge on any atom is -0.459 e. The van der Waals surface area contributed by atoms with E-state index >= 15 is 0 Å². The van der Waals surface area contributed by atoms with Gasteiger partial charge in [-0.1, -0.05) is 73.7 Å². The van der Waals surface area contributed by atoms with Crippen LogP contribution in [0, 0.1) is 17.3 Å². The fraction of sp³-hybridized carbons (Fsp3) is 0.333. The molecule has 0 aromatic heterocycles.